The van der Waals surface area contributed by atoms with Gasteiger partial charge in [-0.25, -0.2) is 9.18 Å². The van der Waals surface area contributed by atoms with E-state index in [0.717, 1.165) is 5.56 Å². The number of ether oxygens (including phenoxy) is 1. The molecule has 0 aromatic heterocycles. The molecule has 23 heavy (non-hydrogen) atoms. The van der Waals surface area contributed by atoms with Gasteiger partial charge in [-0.15, -0.1) is 0 Å². The van der Waals surface area contributed by atoms with Crippen LogP contribution in [-0.2, 0) is 9.53 Å². The highest BCUT2D eigenvalue weighted by molar-refractivity contribution is 5.76. The number of halogens is 1. The molecule has 1 saturated heterocycles. The van der Waals surface area contributed by atoms with Crippen molar-refractivity contribution in [2.75, 3.05) is 13.1 Å². The molecule has 1 amide bonds. The molecule has 0 bridgehead atoms. The summed E-state index contributed by atoms with van der Waals surface area (Å²) < 4.78 is 18.6. The summed E-state index contributed by atoms with van der Waals surface area (Å²) in [6, 6.07) is 6.00. The second-order valence-corrected chi connectivity index (χ2v) is 6.82. The van der Waals surface area contributed by atoms with Crippen molar-refractivity contribution < 1.29 is 23.8 Å². The van der Waals surface area contributed by atoms with Crippen molar-refractivity contribution in [2.45, 2.75) is 38.7 Å². The van der Waals surface area contributed by atoms with Gasteiger partial charge in [-0.05, 0) is 44.9 Å². The maximum Gasteiger partial charge on any atom is 0.407 e. The van der Waals surface area contributed by atoms with E-state index in [9.17, 15) is 19.1 Å². The minimum absolute atomic E-state index is 0.0896. The second kappa shape index (κ2) is 6.56. The third-order valence-corrected chi connectivity index (χ3v) is 3.89. The van der Waals surface area contributed by atoms with E-state index < -0.39 is 23.6 Å². The van der Waals surface area contributed by atoms with Gasteiger partial charge in [0, 0.05) is 19.0 Å². The van der Waals surface area contributed by atoms with Crippen LogP contribution in [-0.4, -0.2) is 40.8 Å². The molecule has 2 rings (SSSR count). The zero-order valence-corrected chi connectivity index (χ0v) is 13.6. The van der Waals surface area contributed by atoms with Crippen LogP contribution in [0.25, 0.3) is 0 Å². The molecule has 1 aromatic rings. The molecule has 1 heterocycles. The molecule has 0 radical (unpaired) electrons. The molecule has 1 aromatic carbocycles. The van der Waals surface area contributed by atoms with Crippen molar-refractivity contribution in [2.24, 2.45) is 5.92 Å². The highest BCUT2D eigenvalue weighted by Gasteiger charge is 2.39. The van der Waals surface area contributed by atoms with Gasteiger partial charge in [-0.3, -0.25) is 4.79 Å². The Morgan fingerprint density at radius 1 is 1.26 bits per heavy atom. The van der Waals surface area contributed by atoms with E-state index in [1.807, 2.05) is 0 Å². The van der Waals surface area contributed by atoms with Gasteiger partial charge in [0.25, 0.3) is 0 Å². The van der Waals surface area contributed by atoms with Crippen LogP contribution in [0.15, 0.2) is 24.3 Å². The maximum atomic E-state index is 13.1. The molecule has 6 heteroatoms. The molecule has 126 valence electrons. The topological polar surface area (TPSA) is 66.8 Å². The quantitative estimate of drug-likeness (QED) is 0.848. The van der Waals surface area contributed by atoms with E-state index in [1.54, 1.807) is 32.9 Å². The first kappa shape index (κ1) is 17.2. The lowest BCUT2D eigenvalue weighted by Gasteiger charge is -2.37. The van der Waals surface area contributed by atoms with E-state index in [1.165, 1.54) is 17.0 Å². The Hall–Kier alpha value is -2.11. The lowest BCUT2D eigenvalue weighted by Crippen LogP contribution is -2.46. The number of hydrogen-bond donors (Lipinski definition) is 1. The number of hydrogen-bond acceptors (Lipinski definition) is 3. The number of nitrogens with zero attached hydrogens (tertiary/aromatic N) is 1. The monoisotopic (exact) mass is 323 g/mol. The SMILES string of the molecule is CC(C)(C)OC(=O)C1CN(C(=O)O)CCC1c1ccc(F)cc1. The number of benzene rings is 1. The predicted octanol–water partition coefficient (Wildman–Crippen LogP) is 3.25. The van der Waals surface area contributed by atoms with E-state index in [-0.39, 0.29) is 18.3 Å². The largest absolute Gasteiger partial charge is 0.465 e. The van der Waals surface area contributed by atoms with Crippen LogP contribution in [0.3, 0.4) is 0 Å². The summed E-state index contributed by atoms with van der Waals surface area (Å²) in [5, 5.41) is 9.19. The first-order valence-electron chi connectivity index (χ1n) is 7.63. The highest BCUT2D eigenvalue weighted by Crippen LogP contribution is 2.34. The fraction of sp³-hybridized carbons (Fsp3) is 0.529. The molecule has 2 atom stereocenters. The van der Waals surface area contributed by atoms with Crippen molar-refractivity contribution in [3.8, 4) is 0 Å². The van der Waals surface area contributed by atoms with Crippen molar-refractivity contribution in [3.05, 3.63) is 35.6 Å². The number of carbonyl (C=O) groups excluding carboxylic acids is 1. The summed E-state index contributed by atoms with van der Waals surface area (Å²) in [4.78, 5) is 25.0. The van der Waals surface area contributed by atoms with Crippen molar-refractivity contribution in [1.29, 1.82) is 0 Å². The summed E-state index contributed by atoms with van der Waals surface area (Å²) >= 11 is 0. The molecule has 2 unspecified atom stereocenters. The minimum Gasteiger partial charge on any atom is -0.465 e. The number of likely N-dealkylation sites (tertiary alicyclic amines) is 1. The smallest absolute Gasteiger partial charge is 0.407 e. The van der Waals surface area contributed by atoms with Gasteiger partial charge in [-0.1, -0.05) is 12.1 Å². The minimum atomic E-state index is -1.05. The Labute approximate surface area is 135 Å². The number of esters is 1. The summed E-state index contributed by atoms with van der Waals surface area (Å²) in [6.07, 6.45) is -0.543. The lowest BCUT2D eigenvalue weighted by molar-refractivity contribution is -0.162. The van der Waals surface area contributed by atoms with Crippen LogP contribution in [0.2, 0.25) is 0 Å². The standard InChI is InChI=1S/C17H22FNO4/c1-17(2,3)23-15(20)14-10-19(16(21)22)9-8-13(14)11-4-6-12(18)7-5-11/h4-7,13-14H,8-10H2,1-3H3,(H,21,22). The predicted molar refractivity (Wildman–Crippen MR) is 82.7 cm³/mol. The van der Waals surface area contributed by atoms with Crippen molar-refractivity contribution >= 4 is 12.1 Å². The highest BCUT2D eigenvalue weighted by atomic mass is 19.1. The van der Waals surface area contributed by atoms with Gasteiger partial charge in [0.05, 0.1) is 5.92 Å². The summed E-state index contributed by atoms with van der Waals surface area (Å²) in [6.45, 7) is 5.75. The summed E-state index contributed by atoms with van der Waals surface area (Å²) in [5.41, 5.74) is 0.183. The van der Waals surface area contributed by atoms with Crippen LogP contribution >= 0.6 is 0 Å². The van der Waals surface area contributed by atoms with E-state index in [0.29, 0.717) is 13.0 Å². The number of piperidine rings is 1. The van der Waals surface area contributed by atoms with E-state index in [2.05, 4.69) is 0 Å². The third-order valence-electron chi connectivity index (χ3n) is 3.89. The molecular formula is C17H22FNO4. The Morgan fingerprint density at radius 2 is 1.87 bits per heavy atom. The summed E-state index contributed by atoms with van der Waals surface area (Å²) in [7, 11) is 0. The third kappa shape index (κ3) is 4.43. The van der Waals surface area contributed by atoms with Crippen LogP contribution in [0, 0.1) is 11.7 Å². The van der Waals surface area contributed by atoms with Gasteiger partial charge >= 0.3 is 12.1 Å². The van der Waals surface area contributed by atoms with Gasteiger partial charge in [0.1, 0.15) is 11.4 Å². The number of carbonyl (C=O) groups is 2. The summed E-state index contributed by atoms with van der Waals surface area (Å²) in [5.74, 6) is -1.53. The van der Waals surface area contributed by atoms with Crippen LogP contribution in [0.5, 0.6) is 0 Å². The van der Waals surface area contributed by atoms with Crippen molar-refractivity contribution in [3.63, 3.8) is 0 Å². The van der Waals surface area contributed by atoms with Crippen LogP contribution < -0.4 is 0 Å². The van der Waals surface area contributed by atoms with E-state index >= 15 is 0 Å². The molecule has 1 aliphatic heterocycles. The fourth-order valence-corrected chi connectivity index (χ4v) is 2.85. The second-order valence-electron chi connectivity index (χ2n) is 6.82. The Balaban J connectivity index is 2.25. The Bertz CT molecular complexity index is 579. The Kier molecular flexibility index (Phi) is 4.92. The molecular weight excluding hydrogens is 301 g/mol. The molecule has 0 spiro atoms. The molecule has 1 N–H and O–H groups in total. The number of amides is 1. The van der Waals surface area contributed by atoms with Crippen LogP contribution in [0.4, 0.5) is 9.18 Å². The van der Waals surface area contributed by atoms with Gasteiger partial charge < -0.3 is 14.7 Å². The molecule has 0 aliphatic carbocycles. The number of carboxylic acid groups (broad SMARTS) is 1. The zero-order chi connectivity index (χ0) is 17.2. The van der Waals surface area contributed by atoms with Gasteiger partial charge in [-0.2, -0.15) is 0 Å². The Morgan fingerprint density at radius 3 is 2.39 bits per heavy atom. The zero-order valence-electron chi connectivity index (χ0n) is 13.6. The van der Waals surface area contributed by atoms with E-state index in [4.69, 9.17) is 4.74 Å². The van der Waals surface area contributed by atoms with Gasteiger partial charge in [0.2, 0.25) is 0 Å². The maximum absolute atomic E-state index is 13.1. The van der Waals surface area contributed by atoms with Crippen LogP contribution in [0.1, 0.15) is 38.7 Å². The average molecular weight is 323 g/mol. The van der Waals surface area contributed by atoms with Gasteiger partial charge in [0.15, 0.2) is 0 Å². The first-order chi connectivity index (χ1) is 10.7. The molecule has 5 nitrogen and oxygen atoms in total. The average Bonchev–Trinajstić information content (AvgIpc) is 2.45. The normalized spacial score (nSPS) is 21.8. The fourth-order valence-electron chi connectivity index (χ4n) is 2.85. The lowest BCUT2D eigenvalue weighted by atomic mass is 9.80. The first-order valence-corrected chi connectivity index (χ1v) is 7.63. The van der Waals surface area contributed by atoms with Crippen molar-refractivity contribution in [1.82, 2.24) is 4.90 Å². The molecule has 1 aliphatic rings. The number of rotatable bonds is 2. The molecule has 1 fully saturated rings. The molecule has 0 saturated carbocycles.